The summed E-state index contributed by atoms with van der Waals surface area (Å²) in [6.07, 6.45) is 0.962. The van der Waals surface area contributed by atoms with Gasteiger partial charge in [0.25, 0.3) is 0 Å². The van der Waals surface area contributed by atoms with Crippen LogP contribution in [-0.4, -0.2) is 26.0 Å². The van der Waals surface area contributed by atoms with Gasteiger partial charge in [-0.15, -0.1) is 0 Å². The van der Waals surface area contributed by atoms with Gasteiger partial charge in [-0.25, -0.2) is 0 Å². The van der Waals surface area contributed by atoms with Gasteiger partial charge in [0.1, 0.15) is 0 Å². The quantitative estimate of drug-likeness (QED) is 0.892. The van der Waals surface area contributed by atoms with E-state index >= 15 is 0 Å². The van der Waals surface area contributed by atoms with Crippen LogP contribution in [0.5, 0.6) is 0 Å². The van der Waals surface area contributed by atoms with E-state index in [-0.39, 0.29) is 5.91 Å². The molecule has 2 rings (SSSR count). The number of hydrogen-bond acceptors (Lipinski definition) is 2. The first-order valence-electron chi connectivity index (χ1n) is 6.68. The maximum absolute atomic E-state index is 11.8. The smallest absolute Gasteiger partial charge is 0.239 e. The lowest BCUT2D eigenvalue weighted by molar-refractivity contribution is -0.119. The number of benzene rings is 2. The summed E-state index contributed by atoms with van der Waals surface area (Å²) in [7, 11) is 1.95. The summed E-state index contributed by atoms with van der Waals surface area (Å²) in [6.45, 7) is 3.17. The molecule has 0 heterocycles. The molecule has 2 aromatic rings. The largest absolute Gasteiger partial charge is 0.365 e. The number of carbonyl (C=O) groups is 1. The van der Waals surface area contributed by atoms with Gasteiger partial charge in [0, 0.05) is 24.7 Å². The number of rotatable bonds is 5. The molecule has 0 saturated heterocycles. The van der Waals surface area contributed by atoms with Gasteiger partial charge >= 0.3 is 0 Å². The minimum Gasteiger partial charge on any atom is -0.365 e. The fraction of sp³-hybridized carbons (Fsp3) is 0.312. The Labute approximate surface area is 114 Å². The summed E-state index contributed by atoms with van der Waals surface area (Å²) in [5.41, 5.74) is 1.09. The number of nitrogens with one attached hydrogen (secondary N) is 1. The highest BCUT2D eigenvalue weighted by Gasteiger charge is 2.09. The highest BCUT2D eigenvalue weighted by atomic mass is 16.2. The van der Waals surface area contributed by atoms with Crippen molar-refractivity contribution in [1.82, 2.24) is 5.32 Å². The van der Waals surface area contributed by atoms with E-state index in [0.29, 0.717) is 6.54 Å². The van der Waals surface area contributed by atoms with E-state index in [0.717, 1.165) is 18.7 Å². The predicted octanol–water partition coefficient (Wildman–Crippen LogP) is 2.80. The molecule has 1 amide bonds. The van der Waals surface area contributed by atoms with Crippen LogP contribution in [0.15, 0.2) is 42.5 Å². The third-order valence-corrected chi connectivity index (χ3v) is 3.13. The molecule has 0 saturated carbocycles. The molecular weight excluding hydrogens is 236 g/mol. The Morgan fingerprint density at radius 1 is 1.16 bits per heavy atom. The molecule has 0 fully saturated rings. The summed E-state index contributed by atoms with van der Waals surface area (Å²) in [6, 6.07) is 14.4. The molecule has 0 atom stereocenters. The van der Waals surface area contributed by atoms with Crippen molar-refractivity contribution in [1.29, 1.82) is 0 Å². The molecule has 0 aliphatic heterocycles. The van der Waals surface area contributed by atoms with E-state index in [1.807, 2.05) is 30.1 Å². The van der Waals surface area contributed by atoms with Crippen LogP contribution < -0.4 is 10.2 Å². The summed E-state index contributed by atoms with van der Waals surface area (Å²) in [5.74, 6) is 0.0669. The number of fused-ring (bicyclic) bond motifs is 1. The van der Waals surface area contributed by atoms with Crippen molar-refractivity contribution in [2.24, 2.45) is 0 Å². The van der Waals surface area contributed by atoms with Crippen molar-refractivity contribution >= 4 is 22.4 Å². The van der Waals surface area contributed by atoms with Crippen molar-refractivity contribution in [2.75, 3.05) is 25.0 Å². The summed E-state index contributed by atoms with van der Waals surface area (Å²) >= 11 is 0. The zero-order valence-electron chi connectivity index (χ0n) is 11.5. The highest BCUT2D eigenvalue weighted by Crippen LogP contribution is 2.25. The Kier molecular flexibility index (Phi) is 4.39. The second kappa shape index (κ2) is 6.23. The maximum atomic E-state index is 11.8. The van der Waals surface area contributed by atoms with Crippen LogP contribution >= 0.6 is 0 Å². The van der Waals surface area contributed by atoms with Crippen LogP contribution in [-0.2, 0) is 4.79 Å². The summed E-state index contributed by atoms with van der Waals surface area (Å²) in [5, 5.41) is 5.27. The Morgan fingerprint density at radius 3 is 2.68 bits per heavy atom. The van der Waals surface area contributed by atoms with Crippen molar-refractivity contribution < 1.29 is 4.79 Å². The average molecular weight is 256 g/mol. The Balaban J connectivity index is 2.17. The third kappa shape index (κ3) is 3.25. The van der Waals surface area contributed by atoms with Crippen LogP contribution in [0.25, 0.3) is 10.8 Å². The molecule has 0 unspecified atom stereocenters. The molecule has 3 nitrogen and oxygen atoms in total. The van der Waals surface area contributed by atoms with Crippen LogP contribution in [0.1, 0.15) is 13.3 Å². The summed E-state index contributed by atoms with van der Waals surface area (Å²) in [4.78, 5) is 13.8. The third-order valence-electron chi connectivity index (χ3n) is 3.13. The van der Waals surface area contributed by atoms with E-state index in [4.69, 9.17) is 0 Å². The van der Waals surface area contributed by atoms with Crippen molar-refractivity contribution in [2.45, 2.75) is 13.3 Å². The van der Waals surface area contributed by atoms with Gasteiger partial charge < -0.3 is 10.2 Å². The zero-order chi connectivity index (χ0) is 13.7. The first-order chi connectivity index (χ1) is 9.22. The molecule has 100 valence electrons. The van der Waals surface area contributed by atoms with E-state index in [9.17, 15) is 4.79 Å². The molecule has 2 aromatic carbocycles. The number of likely N-dealkylation sites (N-methyl/N-ethyl adjacent to an activating group) is 1. The molecule has 19 heavy (non-hydrogen) atoms. The molecule has 0 radical (unpaired) electrons. The molecule has 0 spiro atoms. The van der Waals surface area contributed by atoms with Gasteiger partial charge in [0.2, 0.25) is 5.91 Å². The molecular formula is C16H20N2O. The lowest BCUT2D eigenvalue weighted by atomic mass is 10.1. The molecule has 0 aromatic heterocycles. The van der Waals surface area contributed by atoms with Crippen LogP contribution in [0.3, 0.4) is 0 Å². The first-order valence-corrected chi connectivity index (χ1v) is 6.68. The van der Waals surface area contributed by atoms with Gasteiger partial charge in [-0.05, 0) is 17.9 Å². The summed E-state index contributed by atoms with van der Waals surface area (Å²) < 4.78 is 0. The molecule has 3 heteroatoms. The topological polar surface area (TPSA) is 32.3 Å². The van der Waals surface area contributed by atoms with Crippen molar-refractivity contribution in [3.63, 3.8) is 0 Å². The van der Waals surface area contributed by atoms with E-state index in [2.05, 4.69) is 36.5 Å². The van der Waals surface area contributed by atoms with E-state index in [1.54, 1.807) is 0 Å². The van der Waals surface area contributed by atoms with Crippen LogP contribution in [0.4, 0.5) is 5.69 Å². The number of amides is 1. The Bertz CT molecular complexity index is 560. The zero-order valence-corrected chi connectivity index (χ0v) is 11.5. The number of carbonyl (C=O) groups excluding carboxylic acids is 1. The van der Waals surface area contributed by atoms with Gasteiger partial charge in [0.05, 0.1) is 6.54 Å². The monoisotopic (exact) mass is 256 g/mol. The van der Waals surface area contributed by atoms with E-state index < -0.39 is 0 Å². The number of anilines is 1. The van der Waals surface area contributed by atoms with Gasteiger partial charge in [-0.2, -0.15) is 0 Å². The normalized spacial score (nSPS) is 10.4. The SMILES string of the molecule is CCCNC(=O)CN(C)c1cccc2ccccc12. The average Bonchev–Trinajstić information content (AvgIpc) is 2.44. The minimum absolute atomic E-state index is 0.0669. The number of hydrogen-bond donors (Lipinski definition) is 1. The second-order valence-electron chi connectivity index (χ2n) is 4.70. The van der Waals surface area contributed by atoms with Gasteiger partial charge in [-0.3, -0.25) is 4.79 Å². The Morgan fingerprint density at radius 2 is 1.89 bits per heavy atom. The second-order valence-corrected chi connectivity index (χ2v) is 4.70. The Hall–Kier alpha value is -2.03. The standard InChI is InChI=1S/C16H20N2O/c1-3-11-17-16(19)12-18(2)15-10-6-8-13-7-4-5-9-14(13)15/h4-10H,3,11-12H2,1-2H3,(H,17,19). The fourth-order valence-electron chi connectivity index (χ4n) is 2.16. The van der Waals surface area contributed by atoms with E-state index in [1.165, 1.54) is 10.8 Å². The number of nitrogens with zero attached hydrogens (tertiary/aromatic N) is 1. The van der Waals surface area contributed by atoms with Gasteiger partial charge in [-0.1, -0.05) is 43.3 Å². The highest BCUT2D eigenvalue weighted by molar-refractivity contribution is 5.95. The van der Waals surface area contributed by atoms with Crippen molar-refractivity contribution in [3.05, 3.63) is 42.5 Å². The molecule has 0 aliphatic carbocycles. The maximum Gasteiger partial charge on any atom is 0.239 e. The lowest BCUT2D eigenvalue weighted by Gasteiger charge is -2.20. The van der Waals surface area contributed by atoms with Crippen LogP contribution in [0, 0.1) is 0 Å². The first kappa shape index (κ1) is 13.4. The molecule has 0 bridgehead atoms. The molecule has 1 N–H and O–H groups in total. The minimum atomic E-state index is 0.0669. The fourth-order valence-corrected chi connectivity index (χ4v) is 2.16. The van der Waals surface area contributed by atoms with Crippen molar-refractivity contribution in [3.8, 4) is 0 Å². The van der Waals surface area contributed by atoms with Gasteiger partial charge in [0.15, 0.2) is 0 Å². The molecule has 0 aliphatic rings. The lowest BCUT2D eigenvalue weighted by Crippen LogP contribution is -2.35. The van der Waals surface area contributed by atoms with Crippen LogP contribution in [0.2, 0.25) is 0 Å². The predicted molar refractivity (Wildman–Crippen MR) is 80.5 cm³/mol.